The van der Waals surface area contributed by atoms with E-state index in [1.165, 1.54) is 0 Å². The Hall–Kier alpha value is -3.64. The summed E-state index contributed by atoms with van der Waals surface area (Å²) in [7, 11) is 0. The van der Waals surface area contributed by atoms with Crippen LogP contribution in [0.3, 0.4) is 0 Å². The normalized spacial score (nSPS) is 16.0. The lowest BCUT2D eigenvalue weighted by atomic mass is 9.94. The molecule has 1 aliphatic rings. The number of aromatic amines is 1. The lowest BCUT2D eigenvalue weighted by Crippen LogP contribution is -2.43. The summed E-state index contributed by atoms with van der Waals surface area (Å²) in [4.78, 5) is 35.5. The lowest BCUT2D eigenvalue weighted by molar-refractivity contribution is -0.120. The molecule has 0 unspecified atom stereocenters. The third-order valence-electron chi connectivity index (χ3n) is 6.04. The second-order valence-corrected chi connectivity index (χ2v) is 8.66. The van der Waals surface area contributed by atoms with E-state index in [2.05, 4.69) is 15.3 Å². The van der Waals surface area contributed by atoms with Crippen molar-refractivity contribution in [3.8, 4) is 11.1 Å². The summed E-state index contributed by atoms with van der Waals surface area (Å²) in [6.07, 6.45) is 3.21. The molecule has 0 radical (unpaired) electrons. The van der Waals surface area contributed by atoms with E-state index in [1.807, 2.05) is 53.4 Å². The molecule has 4 aromatic rings. The second kappa shape index (κ2) is 9.08. The van der Waals surface area contributed by atoms with Gasteiger partial charge in [0.25, 0.3) is 5.56 Å². The van der Waals surface area contributed by atoms with Gasteiger partial charge in [0.15, 0.2) is 0 Å². The van der Waals surface area contributed by atoms with E-state index in [1.54, 1.807) is 24.4 Å². The summed E-state index contributed by atoms with van der Waals surface area (Å²) in [5.74, 6) is 0.196. The minimum absolute atomic E-state index is 0.0834. The van der Waals surface area contributed by atoms with Crippen LogP contribution in [0.1, 0.15) is 12.8 Å². The second-order valence-electron chi connectivity index (χ2n) is 8.22. The van der Waals surface area contributed by atoms with Crippen molar-refractivity contribution in [1.29, 1.82) is 0 Å². The van der Waals surface area contributed by atoms with Gasteiger partial charge in [0, 0.05) is 40.8 Å². The molecule has 0 bridgehead atoms. The summed E-state index contributed by atoms with van der Waals surface area (Å²) < 4.78 is 0. The van der Waals surface area contributed by atoms with Crippen LogP contribution >= 0.6 is 11.6 Å². The molecule has 1 aliphatic heterocycles. The van der Waals surface area contributed by atoms with Crippen molar-refractivity contribution < 1.29 is 4.79 Å². The van der Waals surface area contributed by atoms with Gasteiger partial charge in [0.2, 0.25) is 5.91 Å². The molecule has 1 saturated heterocycles. The van der Waals surface area contributed by atoms with Crippen LogP contribution in [0, 0.1) is 5.92 Å². The van der Waals surface area contributed by atoms with Gasteiger partial charge in [-0.05, 0) is 48.7 Å². The van der Waals surface area contributed by atoms with Crippen LogP contribution < -0.4 is 15.8 Å². The van der Waals surface area contributed by atoms with Gasteiger partial charge in [-0.2, -0.15) is 0 Å². The van der Waals surface area contributed by atoms with Crippen LogP contribution in [0.2, 0.25) is 5.02 Å². The Bertz CT molecular complexity index is 1360. The number of carbonyl (C=O) groups is 1. The van der Waals surface area contributed by atoms with Gasteiger partial charge in [0.1, 0.15) is 11.5 Å². The topological polar surface area (TPSA) is 78.1 Å². The van der Waals surface area contributed by atoms with Gasteiger partial charge in [-0.25, -0.2) is 4.98 Å². The van der Waals surface area contributed by atoms with Crippen LogP contribution in [0.15, 0.2) is 77.7 Å². The minimum Gasteiger partial charge on any atom is -0.366 e. The molecule has 0 saturated carbocycles. The maximum atomic E-state index is 13.3. The summed E-state index contributed by atoms with van der Waals surface area (Å²) in [5, 5.41) is 4.38. The largest absolute Gasteiger partial charge is 0.366 e. The number of piperidine rings is 1. The zero-order valence-corrected chi connectivity index (χ0v) is 18.7. The van der Waals surface area contributed by atoms with Gasteiger partial charge < -0.3 is 15.2 Å². The van der Waals surface area contributed by atoms with Gasteiger partial charge in [-0.15, -0.1) is 0 Å². The van der Waals surface area contributed by atoms with Crippen LogP contribution in [0.4, 0.5) is 11.5 Å². The van der Waals surface area contributed by atoms with Crippen molar-refractivity contribution in [1.82, 2.24) is 9.97 Å². The van der Waals surface area contributed by atoms with Crippen LogP contribution in [-0.4, -0.2) is 29.0 Å². The number of H-pyrrole nitrogens is 1. The van der Waals surface area contributed by atoms with Crippen LogP contribution in [0.5, 0.6) is 0 Å². The highest BCUT2D eigenvalue weighted by molar-refractivity contribution is 6.31. The first-order valence-electron chi connectivity index (χ1n) is 11.0. The van der Waals surface area contributed by atoms with Crippen LogP contribution in [-0.2, 0) is 4.79 Å². The van der Waals surface area contributed by atoms with Gasteiger partial charge in [0.05, 0.1) is 5.92 Å². The molecule has 0 aliphatic carbocycles. The average molecular weight is 459 g/mol. The first-order chi connectivity index (χ1) is 16.1. The van der Waals surface area contributed by atoms with E-state index >= 15 is 0 Å². The molecule has 5 rings (SSSR count). The molecule has 1 amide bonds. The number of aromatic nitrogens is 2. The number of fused-ring (bicyclic) bond motifs is 1. The minimum atomic E-state index is -0.251. The molecular weight excluding hydrogens is 436 g/mol. The zero-order chi connectivity index (χ0) is 22.8. The number of amides is 1. The van der Waals surface area contributed by atoms with Crippen molar-refractivity contribution >= 4 is 39.9 Å². The fraction of sp³-hybridized carbons (Fsp3) is 0.192. The SMILES string of the molecule is O=C(Nc1ccccn1)[C@@H]1CCCN(c2c(-c3ccccc3)c3cc(Cl)ccc3[nH]c2=O)C1. The van der Waals surface area contributed by atoms with Crippen molar-refractivity contribution in [2.45, 2.75) is 12.8 Å². The predicted octanol–water partition coefficient (Wildman–Crippen LogP) is 5.10. The third-order valence-corrected chi connectivity index (χ3v) is 6.27. The standard InChI is InChI=1S/C26H23ClN4O2/c27-19-11-12-21-20(15-19)23(17-7-2-1-3-8-17)24(26(33)29-21)31-14-6-9-18(16-31)25(32)30-22-10-4-5-13-28-22/h1-5,7-8,10-13,15,18H,6,9,14,16H2,(H,29,33)(H,28,30,32)/t18-/m1/s1. The Labute approximate surface area is 196 Å². The van der Waals surface area contributed by atoms with E-state index < -0.39 is 0 Å². The quantitative estimate of drug-likeness (QED) is 0.446. The highest BCUT2D eigenvalue weighted by atomic mass is 35.5. The molecule has 3 heterocycles. The molecule has 7 heteroatoms. The van der Waals surface area contributed by atoms with E-state index in [-0.39, 0.29) is 17.4 Å². The Morgan fingerprint density at radius 2 is 1.91 bits per heavy atom. The number of hydrogen-bond donors (Lipinski definition) is 2. The number of nitrogens with one attached hydrogen (secondary N) is 2. The molecule has 2 aromatic carbocycles. The molecule has 2 aromatic heterocycles. The molecule has 166 valence electrons. The maximum absolute atomic E-state index is 13.3. The Morgan fingerprint density at radius 1 is 1.09 bits per heavy atom. The number of halogens is 1. The van der Waals surface area contributed by atoms with E-state index in [0.29, 0.717) is 29.6 Å². The molecule has 6 nitrogen and oxygen atoms in total. The molecule has 1 atom stereocenters. The smallest absolute Gasteiger partial charge is 0.272 e. The van der Waals surface area contributed by atoms with E-state index in [0.717, 1.165) is 34.9 Å². The van der Waals surface area contributed by atoms with Crippen molar-refractivity contribution in [2.24, 2.45) is 5.92 Å². The van der Waals surface area contributed by atoms with E-state index in [4.69, 9.17) is 11.6 Å². The van der Waals surface area contributed by atoms with Crippen molar-refractivity contribution in [2.75, 3.05) is 23.3 Å². The Kier molecular flexibility index (Phi) is 5.84. The number of carbonyl (C=O) groups excluding carboxylic acids is 1. The average Bonchev–Trinajstić information content (AvgIpc) is 2.85. The van der Waals surface area contributed by atoms with Crippen molar-refractivity contribution in [3.05, 3.63) is 88.3 Å². The van der Waals surface area contributed by atoms with Gasteiger partial charge >= 0.3 is 0 Å². The predicted molar refractivity (Wildman–Crippen MR) is 133 cm³/mol. The summed E-state index contributed by atoms with van der Waals surface area (Å²) in [5.41, 5.74) is 2.91. The molecule has 2 N–H and O–H groups in total. The molecule has 0 spiro atoms. The molecule has 33 heavy (non-hydrogen) atoms. The first kappa shape index (κ1) is 21.2. The third kappa shape index (κ3) is 4.34. The van der Waals surface area contributed by atoms with Crippen molar-refractivity contribution in [3.63, 3.8) is 0 Å². The number of benzene rings is 2. The maximum Gasteiger partial charge on any atom is 0.272 e. The Balaban J connectivity index is 1.56. The number of pyridine rings is 2. The number of rotatable bonds is 4. The summed E-state index contributed by atoms with van der Waals surface area (Å²) in [6, 6.07) is 20.7. The number of nitrogens with zero attached hydrogens (tertiary/aromatic N) is 2. The van der Waals surface area contributed by atoms with Gasteiger partial charge in [-0.3, -0.25) is 9.59 Å². The molecule has 1 fully saturated rings. The fourth-order valence-electron chi connectivity index (χ4n) is 4.51. The van der Waals surface area contributed by atoms with E-state index in [9.17, 15) is 9.59 Å². The number of hydrogen-bond acceptors (Lipinski definition) is 4. The highest BCUT2D eigenvalue weighted by Crippen LogP contribution is 2.37. The molecular formula is C26H23ClN4O2. The van der Waals surface area contributed by atoms with Gasteiger partial charge in [-0.1, -0.05) is 48.0 Å². The Morgan fingerprint density at radius 3 is 2.70 bits per heavy atom. The summed E-state index contributed by atoms with van der Waals surface area (Å²) in [6.45, 7) is 1.15. The zero-order valence-electron chi connectivity index (χ0n) is 17.9. The number of anilines is 2. The highest BCUT2D eigenvalue weighted by Gasteiger charge is 2.29. The lowest BCUT2D eigenvalue weighted by Gasteiger charge is -2.34. The monoisotopic (exact) mass is 458 g/mol. The fourth-order valence-corrected chi connectivity index (χ4v) is 4.69. The van der Waals surface area contributed by atoms with Crippen LogP contribution in [0.25, 0.3) is 22.0 Å². The summed E-state index contributed by atoms with van der Waals surface area (Å²) >= 11 is 6.33. The first-order valence-corrected chi connectivity index (χ1v) is 11.4.